The van der Waals surface area contributed by atoms with E-state index in [2.05, 4.69) is 42.6 Å². The van der Waals surface area contributed by atoms with Gasteiger partial charge in [0.25, 0.3) is 0 Å². The molecule has 0 aliphatic heterocycles. The minimum Gasteiger partial charge on any atom is -0.307 e. The zero-order chi connectivity index (χ0) is 12.8. The lowest BCUT2D eigenvalue weighted by Gasteiger charge is -2.21. The lowest BCUT2D eigenvalue weighted by atomic mass is 10.0. The molecule has 1 nitrogen and oxygen atoms in total. The van der Waals surface area contributed by atoms with E-state index >= 15 is 0 Å². The average Bonchev–Trinajstić information content (AvgIpc) is 2.84. The van der Waals surface area contributed by atoms with Crippen LogP contribution >= 0.6 is 0 Å². The van der Waals surface area contributed by atoms with E-state index in [-0.39, 0.29) is 0 Å². The van der Waals surface area contributed by atoms with Crippen LogP contribution in [0.25, 0.3) is 0 Å². The molecular weight excluding hydrogens is 230 g/mol. The molecule has 0 radical (unpaired) electrons. The lowest BCUT2D eigenvalue weighted by molar-refractivity contribution is 0.407. The molecule has 19 heavy (non-hydrogen) atoms. The van der Waals surface area contributed by atoms with Crippen molar-refractivity contribution in [1.82, 2.24) is 5.32 Å². The highest BCUT2D eigenvalue weighted by Gasteiger charge is 2.64. The first-order valence-corrected chi connectivity index (χ1v) is 8.19. The van der Waals surface area contributed by atoms with Crippen molar-refractivity contribution in [3.63, 3.8) is 0 Å². The summed E-state index contributed by atoms with van der Waals surface area (Å²) < 4.78 is 0. The van der Waals surface area contributed by atoms with Gasteiger partial charge in [-0.1, -0.05) is 43.7 Å². The average molecular weight is 255 g/mol. The monoisotopic (exact) mass is 255 g/mol. The van der Waals surface area contributed by atoms with Gasteiger partial charge in [0.2, 0.25) is 0 Å². The third kappa shape index (κ3) is 1.94. The van der Waals surface area contributed by atoms with Crippen LogP contribution < -0.4 is 5.32 Å². The number of rotatable bonds is 5. The van der Waals surface area contributed by atoms with Gasteiger partial charge in [-0.05, 0) is 54.9 Å². The molecule has 1 aromatic rings. The second-order valence-electron chi connectivity index (χ2n) is 6.93. The Labute approximate surface area is 116 Å². The first-order chi connectivity index (χ1) is 9.38. The van der Waals surface area contributed by atoms with E-state index in [0.29, 0.717) is 6.04 Å². The van der Waals surface area contributed by atoms with Gasteiger partial charge < -0.3 is 5.32 Å². The minimum absolute atomic E-state index is 0.584. The van der Waals surface area contributed by atoms with Crippen LogP contribution in [0.5, 0.6) is 0 Å². The third-order valence-corrected chi connectivity index (χ3v) is 5.91. The Morgan fingerprint density at radius 2 is 1.79 bits per heavy atom. The van der Waals surface area contributed by atoms with Crippen LogP contribution in [0.4, 0.5) is 0 Å². The van der Waals surface area contributed by atoms with Crippen LogP contribution in [0.1, 0.15) is 50.6 Å². The highest BCUT2D eigenvalue weighted by Crippen LogP contribution is 2.66. The van der Waals surface area contributed by atoms with Crippen molar-refractivity contribution in [2.24, 2.45) is 23.7 Å². The summed E-state index contributed by atoms with van der Waals surface area (Å²) in [6.45, 7) is 2.30. The molecule has 102 valence electrons. The zero-order valence-corrected chi connectivity index (χ0v) is 11.9. The number of hydrogen-bond donors (Lipinski definition) is 1. The van der Waals surface area contributed by atoms with Crippen molar-refractivity contribution in [3.8, 4) is 0 Å². The topological polar surface area (TPSA) is 12.0 Å². The highest BCUT2D eigenvalue weighted by atomic mass is 15.0. The standard InChI is InChI=1S/C18H25N/c1-2-6-15(12-7-4-3-5-8-12)19-18-16-13-9-10-14(11-13)17(16)18/h3-5,7-8,13-19H,2,6,9-11H2,1H3. The van der Waals surface area contributed by atoms with Gasteiger partial charge in [-0.3, -0.25) is 0 Å². The van der Waals surface area contributed by atoms with E-state index < -0.39 is 0 Å². The Morgan fingerprint density at radius 1 is 1.11 bits per heavy atom. The molecule has 0 aromatic heterocycles. The predicted octanol–water partition coefficient (Wildman–Crippen LogP) is 4.16. The highest BCUT2D eigenvalue weighted by molar-refractivity contribution is 5.22. The summed E-state index contributed by atoms with van der Waals surface area (Å²) in [5.74, 6) is 4.24. The molecule has 3 fully saturated rings. The molecule has 0 heterocycles. The smallest absolute Gasteiger partial charge is 0.0322 e. The van der Waals surface area contributed by atoms with Crippen LogP contribution in [0.15, 0.2) is 30.3 Å². The van der Waals surface area contributed by atoms with Crippen LogP contribution in [-0.4, -0.2) is 6.04 Å². The van der Waals surface area contributed by atoms with Gasteiger partial charge in [-0.2, -0.15) is 0 Å². The Morgan fingerprint density at radius 3 is 2.42 bits per heavy atom. The summed E-state index contributed by atoms with van der Waals surface area (Å²) >= 11 is 0. The molecule has 2 bridgehead atoms. The van der Waals surface area contributed by atoms with Gasteiger partial charge in [-0.15, -0.1) is 0 Å². The SMILES string of the molecule is CCCC(NC1C2C3CCC(C3)C12)c1ccccc1. The molecule has 1 heteroatoms. The van der Waals surface area contributed by atoms with Crippen LogP contribution in [0.2, 0.25) is 0 Å². The molecule has 4 rings (SSSR count). The first kappa shape index (κ1) is 12.0. The first-order valence-electron chi connectivity index (χ1n) is 8.19. The van der Waals surface area contributed by atoms with E-state index in [4.69, 9.17) is 0 Å². The maximum Gasteiger partial charge on any atom is 0.0322 e. The van der Waals surface area contributed by atoms with E-state index in [0.717, 1.165) is 29.7 Å². The van der Waals surface area contributed by atoms with Gasteiger partial charge in [0.1, 0.15) is 0 Å². The zero-order valence-electron chi connectivity index (χ0n) is 11.9. The van der Waals surface area contributed by atoms with Crippen molar-refractivity contribution in [1.29, 1.82) is 0 Å². The molecule has 3 aliphatic carbocycles. The maximum atomic E-state index is 4.01. The van der Waals surface area contributed by atoms with Crippen molar-refractivity contribution in [3.05, 3.63) is 35.9 Å². The van der Waals surface area contributed by atoms with E-state index in [9.17, 15) is 0 Å². The fourth-order valence-electron chi connectivity index (χ4n) is 5.10. The summed E-state index contributed by atoms with van der Waals surface area (Å²) in [4.78, 5) is 0. The molecule has 0 saturated heterocycles. The molecule has 5 unspecified atom stereocenters. The number of hydrogen-bond acceptors (Lipinski definition) is 1. The van der Waals surface area contributed by atoms with Gasteiger partial charge in [0, 0.05) is 12.1 Å². The van der Waals surface area contributed by atoms with Crippen molar-refractivity contribution in [2.75, 3.05) is 0 Å². The van der Waals surface area contributed by atoms with Crippen LogP contribution in [-0.2, 0) is 0 Å². The van der Waals surface area contributed by atoms with Gasteiger partial charge in [0.05, 0.1) is 0 Å². The normalized spacial score (nSPS) is 40.2. The predicted molar refractivity (Wildman–Crippen MR) is 78.8 cm³/mol. The molecule has 1 N–H and O–H groups in total. The Bertz CT molecular complexity index is 424. The quantitative estimate of drug-likeness (QED) is 0.833. The summed E-state index contributed by atoms with van der Waals surface area (Å²) in [5.41, 5.74) is 1.49. The molecule has 0 amide bonds. The van der Waals surface area contributed by atoms with Crippen molar-refractivity contribution in [2.45, 2.75) is 51.1 Å². The summed E-state index contributed by atoms with van der Waals surface area (Å²) in [7, 11) is 0. The van der Waals surface area contributed by atoms with Gasteiger partial charge in [-0.25, -0.2) is 0 Å². The fraction of sp³-hybridized carbons (Fsp3) is 0.667. The van der Waals surface area contributed by atoms with Crippen LogP contribution in [0, 0.1) is 23.7 Å². The second kappa shape index (κ2) is 4.63. The minimum atomic E-state index is 0.584. The summed E-state index contributed by atoms with van der Waals surface area (Å²) in [5, 5.41) is 4.01. The molecule has 3 aliphatic rings. The number of fused-ring (bicyclic) bond motifs is 5. The van der Waals surface area contributed by atoms with E-state index in [1.165, 1.54) is 31.2 Å². The number of nitrogens with one attached hydrogen (secondary N) is 1. The maximum absolute atomic E-state index is 4.01. The largest absolute Gasteiger partial charge is 0.307 e. The summed E-state index contributed by atoms with van der Waals surface area (Å²) in [6.07, 6.45) is 7.13. The van der Waals surface area contributed by atoms with Crippen LogP contribution in [0.3, 0.4) is 0 Å². The summed E-state index contributed by atoms with van der Waals surface area (Å²) in [6, 6.07) is 12.5. The number of benzene rings is 1. The Balaban J connectivity index is 1.46. The molecule has 3 saturated carbocycles. The fourth-order valence-corrected chi connectivity index (χ4v) is 5.10. The molecule has 0 spiro atoms. The Hall–Kier alpha value is -0.820. The third-order valence-electron chi connectivity index (χ3n) is 5.91. The van der Waals surface area contributed by atoms with Crippen molar-refractivity contribution >= 4 is 0 Å². The molecular formula is C18H25N. The second-order valence-corrected chi connectivity index (χ2v) is 6.93. The van der Waals surface area contributed by atoms with Crippen molar-refractivity contribution < 1.29 is 0 Å². The lowest BCUT2D eigenvalue weighted by Crippen LogP contribution is -2.28. The van der Waals surface area contributed by atoms with Gasteiger partial charge >= 0.3 is 0 Å². The van der Waals surface area contributed by atoms with Gasteiger partial charge in [0.15, 0.2) is 0 Å². The Kier molecular flexibility index (Phi) is 2.91. The molecule has 5 atom stereocenters. The molecule has 1 aromatic carbocycles. The van der Waals surface area contributed by atoms with E-state index in [1.54, 1.807) is 6.42 Å². The van der Waals surface area contributed by atoms with E-state index in [1.807, 2.05) is 0 Å².